The van der Waals surface area contributed by atoms with Crippen LogP contribution in [0.3, 0.4) is 0 Å². The number of carboxylic acids is 1. The Balaban J connectivity index is 1.96. The molecule has 0 aromatic heterocycles. The number of amides is 1. The number of rotatable bonds is 7. The van der Waals surface area contributed by atoms with Crippen LogP contribution in [0.15, 0.2) is 18.2 Å². The molecule has 0 fully saturated rings. The van der Waals surface area contributed by atoms with Gasteiger partial charge >= 0.3 is 5.97 Å². The molecule has 1 heterocycles. The van der Waals surface area contributed by atoms with E-state index >= 15 is 0 Å². The van der Waals surface area contributed by atoms with Gasteiger partial charge in [0.15, 0.2) is 6.61 Å². The lowest BCUT2D eigenvalue weighted by Gasteiger charge is -2.27. The molecule has 0 spiro atoms. The molecule has 0 aliphatic carbocycles. The van der Waals surface area contributed by atoms with Crippen molar-refractivity contribution in [3.8, 4) is 5.75 Å². The van der Waals surface area contributed by atoms with Gasteiger partial charge in [0.1, 0.15) is 5.75 Å². The molecule has 1 amide bonds. The molecule has 0 saturated heterocycles. The minimum Gasteiger partial charge on any atom is -0.482 e. The second-order valence-corrected chi connectivity index (χ2v) is 5.72. The quantitative estimate of drug-likeness (QED) is 0.774. The Bertz CT molecular complexity index is 590. The molecule has 23 heavy (non-hydrogen) atoms. The van der Waals surface area contributed by atoms with Crippen molar-refractivity contribution in [3.05, 3.63) is 23.8 Å². The molecule has 2 N–H and O–H groups in total. The molecule has 1 aromatic carbocycles. The summed E-state index contributed by atoms with van der Waals surface area (Å²) in [6.07, 6.45) is -0.124. The van der Waals surface area contributed by atoms with Crippen LogP contribution in [-0.2, 0) is 9.59 Å². The molecule has 0 radical (unpaired) electrons. The fraction of sp³-hybridized carbons (Fsp3) is 0.500. The zero-order valence-corrected chi connectivity index (χ0v) is 13.4. The highest BCUT2D eigenvalue weighted by atomic mass is 16.5. The van der Waals surface area contributed by atoms with Crippen LogP contribution in [0.25, 0.3) is 0 Å². The number of ether oxygens (including phenoxy) is 1. The van der Waals surface area contributed by atoms with Gasteiger partial charge in [-0.25, -0.2) is 0 Å². The molecule has 1 aliphatic heterocycles. The number of carbonyl (C=O) groups is 2. The van der Waals surface area contributed by atoms with E-state index in [-0.39, 0.29) is 18.9 Å². The first-order valence-corrected chi connectivity index (χ1v) is 7.50. The summed E-state index contributed by atoms with van der Waals surface area (Å²) in [5, 5.41) is 19.0. The smallest absolute Gasteiger partial charge is 0.304 e. The molecule has 7 nitrogen and oxygen atoms in total. The highest BCUT2D eigenvalue weighted by Gasteiger charge is 2.23. The van der Waals surface area contributed by atoms with Crippen LogP contribution in [0, 0.1) is 0 Å². The summed E-state index contributed by atoms with van der Waals surface area (Å²) in [7, 11) is 3.50. The lowest BCUT2D eigenvalue weighted by Crippen LogP contribution is -2.35. The van der Waals surface area contributed by atoms with Crippen molar-refractivity contribution in [3.63, 3.8) is 0 Å². The second-order valence-electron chi connectivity index (χ2n) is 5.72. The number of hydrogen-bond acceptors (Lipinski definition) is 5. The van der Waals surface area contributed by atoms with Gasteiger partial charge in [-0.3, -0.25) is 9.59 Å². The summed E-state index contributed by atoms with van der Waals surface area (Å²) in [6, 6.07) is 5.30. The van der Waals surface area contributed by atoms with Crippen molar-refractivity contribution < 1.29 is 24.5 Å². The highest BCUT2D eigenvalue weighted by Crippen LogP contribution is 2.34. The van der Waals surface area contributed by atoms with Gasteiger partial charge in [-0.2, -0.15) is 0 Å². The molecule has 0 saturated carbocycles. The highest BCUT2D eigenvalue weighted by molar-refractivity contribution is 5.97. The lowest BCUT2D eigenvalue weighted by atomic mass is 10.0. The Labute approximate surface area is 135 Å². The predicted octanol–water partition coefficient (Wildman–Crippen LogP) is 0.872. The average molecular weight is 322 g/mol. The number of fused-ring (bicyclic) bond motifs is 1. The van der Waals surface area contributed by atoms with Gasteiger partial charge in [0, 0.05) is 20.1 Å². The van der Waals surface area contributed by atoms with E-state index < -0.39 is 12.1 Å². The summed E-state index contributed by atoms with van der Waals surface area (Å²) in [5.74, 6) is -0.334. The number of aliphatic carboxylic acids is 1. The first-order valence-electron chi connectivity index (χ1n) is 7.50. The minimum atomic E-state index is -0.834. The monoisotopic (exact) mass is 322 g/mol. The Hall–Kier alpha value is -2.12. The summed E-state index contributed by atoms with van der Waals surface area (Å²) in [6.45, 7) is 1.05. The first kappa shape index (κ1) is 17.2. The number of anilines is 1. The molecular formula is C16H22N2O5. The molecule has 1 aliphatic rings. The number of aliphatic hydroxyl groups is 1. The van der Waals surface area contributed by atoms with Gasteiger partial charge in [0.2, 0.25) is 0 Å². The molecular weight excluding hydrogens is 300 g/mol. The van der Waals surface area contributed by atoms with Gasteiger partial charge in [-0.05, 0) is 31.2 Å². The molecule has 1 unspecified atom stereocenters. The van der Waals surface area contributed by atoms with Crippen LogP contribution in [0.2, 0.25) is 0 Å². The third-order valence-electron chi connectivity index (χ3n) is 3.95. The normalized spacial score (nSPS) is 15.3. The number of benzene rings is 1. The zero-order chi connectivity index (χ0) is 17.0. The molecule has 1 atom stereocenters. The Morgan fingerprint density at radius 3 is 2.87 bits per heavy atom. The number of aliphatic hydroxyl groups excluding tert-OH is 1. The minimum absolute atomic E-state index is 0.0276. The predicted molar refractivity (Wildman–Crippen MR) is 84.7 cm³/mol. The summed E-state index contributed by atoms with van der Waals surface area (Å²) >= 11 is 0. The Kier molecular flexibility index (Phi) is 5.57. The number of nitrogens with zero attached hydrogens (tertiary/aromatic N) is 2. The third kappa shape index (κ3) is 4.43. The summed E-state index contributed by atoms with van der Waals surface area (Å²) in [5.41, 5.74) is 1.36. The lowest BCUT2D eigenvalue weighted by molar-refractivity contribution is -0.137. The molecule has 0 bridgehead atoms. The van der Waals surface area contributed by atoms with Crippen molar-refractivity contribution in [2.75, 3.05) is 38.7 Å². The molecule has 1 aromatic rings. The van der Waals surface area contributed by atoms with Crippen LogP contribution in [0.1, 0.15) is 24.5 Å². The van der Waals surface area contributed by atoms with E-state index in [4.69, 9.17) is 9.84 Å². The fourth-order valence-electron chi connectivity index (χ4n) is 2.40. The van der Waals surface area contributed by atoms with Crippen LogP contribution in [0.4, 0.5) is 5.69 Å². The van der Waals surface area contributed by atoms with Gasteiger partial charge in [0.25, 0.3) is 5.91 Å². The van der Waals surface area contributed by atoms with E-state index in [2.05, 4.69) is 0 Å². The maximum atomic E-state index is 11.7. The second kappa shape index (κ2) is 7.43. The fourth-order valence-corrected chi connectivity index (χ4v) is 2.40. The van der Waals surface area contributed by atoms with E-state index in [1.165, 1.54) is 4.90 Å². The Morgan fingerprint density at radius 2 is 2.17 bits per heavy atom. The van der Waals surface area contributed by atoms with E-state index in [0.717, 1.165) is 0 Å². The maximum Gasteiger partial charge on any atom is 0.304 e. The molecule has 126 valence electrons. The van der Waals surface area contributed by atoms with Gasteiger partial charge in [-0.15, -0.1) is 0 Å². The maximum absolute atomic E-state index is 11.7. The zero-order valence-electron chi connectivity index (χ0n) is 13.4. The van der Waals surface area contributed by atoms with E-state index in [9.17, 15) is 14.7 Å². The summed E-state index contributed by atoms with van der Waals surface area (Å²) in [4.78, 5) is 25.6. The van der Waals surface area contributed by atoms with E-state index in [0.29, 0.717) is 36.5 Å². The molecule has 2 rings (SSSR count). The number of hydrogen-bond donors (Lipinski definition) is 2. The standard InChI is InChI=1S/C16H22N2O5/c1-17(8-6-16(21)22)7-5-13(19)11-3-4-14-12(9-11)18(2)15(20)10-23-14/h3-4,9,13,19H,5-8,10H2,1-2H3,(H,21,22). The van der Waals surface area contributed by atoms with Crippen LogP contribution < -0.4 is 9.64 Å². The van der Waals surface area contributed by atoms with Gasteiger partial charge in [0.05, 0.1) is 18.2 Å². The van der Waals surface area contributed by atoms with Crippen molar-refractivity contribution in [1.29, 1.82) is 0 Å². The first-order chi connectivity index (χ1) is 10.9. The van der Waals surface area contributed by atoms with Crippen molar-refractivity contribution in [1.82, 2.24) is 4.90 Å². The SMILES string of the molecule is CN(CCC(=O)O)CCC(O)c1ccc2c(c1)N(C)C(=O)CO2. The van der Waals surface area contributed by atoms with Crippen LogP contribution >= 0.6 is 0 Å². The topological polar surface area (TPSA) is 90.3 Å². The number of likely N-dealkylation sites (N-methyl/N-ethyl adjacent to an activating group) is 1. The van der Waals surface area contributed by atoms with Crippen molar-refractivity contribution in [2.45, 2.75) is 18.9 Å². The van der Waals surface area contributed by atoms with Gasteiger partial charge in [-0.1, -0.05) is 6.07 Å². The van der Waals surface area contributed by atoms with Crippen LogP contribution in [0.5, 0.6) is 5.75 Å². The van der Waals surface area contributed by atoms with Crippen molar-refractivity contribution >= 4 is 17.6 Å². The summed E-state index contributed by atoms with van der Waals surface area (Å²) < 4.78 is 5.36. The van der Waals surface area contributed by atoms with Crippen molar-refractivity contribution in [2.24, 2.45) is 0 Å². The largest absolute Gasteiger partial charge is 0.482 e. The van der Waals surface area contributed by atoms with E-state index in [1.54, 1.807) is 25.2 Å². The van der Waals surface area contributed by atoms with Crippen LogP contribution in [-0.4, -0.2) is 60.8 Å². The van der Waals surface area contributed by atoms with Gasteiger partial charge < -0.3 is 24.7 Å². The Morgan fingerprint density at radius 1 is 1.43 bits per heavy atom. The van der Waals surface area contributed by atoms with E-state index in [1.807, 2.05) is 11.9 Å². The number of carbonyl (C=O) groups excluding carboxylic acids is 1. The third-order valence-corrected chi connectivity index (χ3v) is 3.95. The molecule has 7 heteroatoms. The number of carboxylic acid groups (broad SMARTS) is 1. The average Bonchev–Trinajstić information content (AvgIpc) is 2.53.